The van der Waals surface area contributed by atoms with Crippen LogP contribution in [0, 0.1) is 29.5 Å². The molecule has 1 aromatic carbocycles. The first-order chi connectivity index (χ1) is 13.2. The molecule has 1 aromatic rings. The minimum atomic E-state index is -0.313. The highest BCUT2D eigenvalue weighted by molar-refractivity contribution is 5.75. The van der Waals surface area contributed by atoms with Gasteiger partial charge < -0.3 is 4.74 Å². The largest absolute Gasteiger partial charge is 0.426 e. The molecule has 2 aliphatic carbocycles. The van der Waals surface area contributed by atoms with Crippen molar-refractivity contribution in [2.75, 3.05) is 0 Å². The molecule has 2 saturated carbocycles. The predicted molar refractivity (Wildman–Crippen MR) is 107 cm³/mol. The maximum Gasteiger partial charge on any atom is 0.314 e. The summed E-state index contributed by atoms with van der Waals surface area (Å²) >= 11 is 0. The van der Waals surface area contributed by atoms with E-state index in [2.05, 4.69) is 19.1 Å². The molecule has 27 heavy (non-hydrogen) atoms. The zero-order valence-corrected chi connectivity index (χ0v) is 16.5. The summed E-state index contributed by atoms with van der Waals surface area (Å²) in [5.41, 5.74) is 0. The van der Waals surface area contributed by atoms with Crippen molar-refractivity contribution in [3.63, 3.8) is 0 Å². The second-order valence-corrected chi connectivity index (χ2v) is 8.41. The molecule has 0 N–H and O–H groups in total. The van der Waals surface area contributed by atoms with Crippen molar-refractivity contribution in [2.45, 2.75) is 71.1 Å². The van der Waals surface area contributed by atoms with E-state index < -0.39 is 0 Å². The molecule has 0 heterocycles. The van der Waals surface area contributed by atoms with E-state index in [9.17, 15) is 9.18 Å². The summed E-state index contributed by atoms with van der Waals surface area (Å²) in [6, 6.07) is 5.70. The second-order valence-electron chi connectivity index (χ2n) is 8.41. The van der Waals surface area contributed by atoms with Gasteiger partial charge in [0.25, 0.3) is 0 Å². The Morgan fingerprint density at radius 2 is 1.59 bits per heavy atom. The normalized spacial score (nSPS) is 29.0. The molecule has 2 nitrogen and oxygen atoms in total. The first-order valence-electron chi connectivity index (χ1n) is 10.7. The highest BCUT2D eigenvalue weighted by atomic mass is 19.1. The van der Waals surface area contributed by atoms with Crippen LogP contribution in [0.1, 0.15) is 71.1 Å². The Kier molecular flexibility index (Phi) is 7.49. The van der Waals surface area contributed by atoms with Gasteiger partial charge in [-0.15, -0.1) is 0 Å². The standard InChI is InChI=1S/C24H33FO2/c1-2-3-4-5-18-6-8-19(9-7-18)20-10-12-21(13-11-20)24(26)27-23-16-14-22(25)15-17-23/h2-3,14-21H,4-13H2,1H3/b3-2+/t18-,19-,20-,21-. The first-order valence-corrected chi connectivity index (χ1v) is 10.7. The number of ether oxygens (including phenoxy) is 1. The molecule has 2 fully saturated rings. The number of benzene rings is 1. The molecular weight excluding hydrogens is 339 g/mol. The summed E-state index contributed by atoms with van der Waals surface area (Å²) in [5.74, 6) is 2.55. The smallest absolute Gasteiger partial charge is 0.314 e. The summed E-state index contributed by atoms with van der Waals surface area (Å²) < 4.78 is 18.4. The third kappa shape index (κ3) is 5.92. The lowest BCUT2D eigenvalue weighted by molar-refractivity contribution is -0.140. The van der Waals surface area contributed by atoms with Crippen molar-refractivity contribution in [2.24, 2.45) is 23.7 Å². The number of halogens is 1. The molecule has 3 rings (SSSR count). The summed E-state index contributed by atoms with van der Waals surface area (Å²) in [4.78, 5) is 12.4. The van der Waals surface area contributed by atoms with E-state index >= 15 is 0 Å². The van der Waals surface area contributed by atoms with Crippen LogP contribution in [0.5, 0.6) is 5.75 Å². The van der Waals surface area contributed by atoms with Gasteiger partial charge in [-0.3, -0.25) is 4.79 Å². The zero-order valence-electron chi connectivity index (χ0n) is 16.5. The van der Waals surface area contributed by atoms with Crippen molar-refractivity contribution < 1.29 is 13.9 Å². The predicted octanol–water partition coefficient (Wildman–Crippen LogP) is 6.70. The summed E-state index contributed by atoms with van der Waals surface area (Å²) in [7, 11) is 0. The van der Waals surface area contributed by atoms with Gasteiger partial charge in [0, 0.05) is 0 Å². The van der Waals surface area contributed by atoms with E-state index in [-0.39, 0.29) is 17.7 Å². The van der Waals surface area contributed by atoms with E-state index in [1.54, 1.807) is 0 Å². The van der Waals surface area contributed by atoms with Crippen molar-refractivity contribution in [3.8, 4) is 5.75 Å². The van der Waals surface area contributed by atoms with Crippen molar-refractivity contribution >= 4 is 5.97 Å². The molecule has 0 aromatic heterocycles. The van der Waals surface area contributed by atoms with Crippen molar-refractivity contribution in [3.05, 3.63) is 42.2 Å². The molecule has 0 aliphatic heterocycles. The minimum absolute atomic E-state index is 0.00322. The zero-order chi connectivity index (χ0) is 19.1. The minimum Gasteiger partial charge on any atom is -0.426 e. The Morgan fingerprint density at radius 3 is 2.19 bits per heavy atom. The number of hydrogen-bond donors (Lipinski definition) is 0. The maximum absolute atomic E-state index is 13.0. The maximum atomic E-state index is 13.0. The Bertz CT molecular complexity index is 606. The number of carbonyl (C=O) groups is 1. The number of allylic oxidation sites excluding steroid dienone is 2. The van der Waals surface area contributed by atoms with Crippen LogP contribution in [-0.2, 0) is 4.79 Å². The quantitative estimate of drug-likeness (QED) is 0.315. The van der Waals surface area contributed by atoms with Crippen molar-refractivity contribution in [1.29, 1.82) is 0 Å². The van der Waals surface area contributed by atoms with Crippen LogP contribution in [-0.4, -0.2) is 5.97 Å². The van der Waals surface area contributed by atoms with E-state index in [0.717, 1.165) is 43.4 Å². The molecule has 0 unspecified atom stereocenters. The summed E-state index contributed by atoms with van der Waals surface area (Å²) in [6.07, 6.45) is 16.7. The fourth-order valence-corrected chi connectivity index (χ4v) is 4.98. The molecule has 3 heteroatoms. The Hall–Kier alpha value is -1.64. The fraction of sp³-hybridized carbons (Fsp3) is 0.625. The highest BCUT2D eigenvalue weighted by Gasteiger charge is 2.33. The fourth-order valence-electron chi connectivity index (χ4n) is 4.98. The van der Waals surface area contributed by atoms with Gasteiger partial charge >= 0.3 is 5.97 Å². The van der Waals surface area contributed by atoms with Crippen LogP contribution < -0.4 is 4.74 Å². The number of carbonyl (C=O) groups excluding carboxylic acids is 1. The molecular formula is C24H33FO2. The Morgan fingerprint density at radius 1 is 1.00 bits per heavy atom. The molecule has 0 saturated heterocycles. The van der Waals surface area contributed by atoms with Gasteiger partial charge in [-0.25, -0.2) is 4.39 Å². The van der Waals surface area contributed by atoms with Gasteiger partial charge in [-0.2, -0.15) is 0 Å². The Labute approximate surface area is 163 Å². The van der Waals surface area contributed by atoms with Gasteiger partial charge in [0.1, 0.15) is 11.6 Å². The number of esters is 1. The van der Waals surface area contributed by atoms with Crippen LogP contribution in [0.25, 0.3) is 0 Å². The Balaban J connectivity index is 1.39. The van der Waals surface area contributed by atoms with E-state index in [1.807, 2.05) is 0 Å². The van der Waals surface area contributed by atoms with Crippen LogP contribution in [0.2, 0.25) is 0 Å². The van der Waals surface area contributed by atoms with Gasteiger partial charge in [-0.05, 0) is 100 Å². The van der Waals surface area contributed by atoms with Crippen LogP contribution in [0.4, 0.5) is 4.39 Å². The third-order valence-corrected chi connectivity index (χ3v) is 6.67. The SMILES string of the molecule is C/C=C/CC[C@H]1CC[C@H]([C@H]2CC[C@H](C(=O)Oc3ccc(F)cc3)CC2)CC1. The average molecular weight is 373 g/mol. The van der Waals surface area contributed by atoms with Crippen LogP contribution in [0.15, 0.2) is 36.4 Å². The van der Waals surface area contributed by atoms with Crippen molar-refractivity contribution in [1.82, 2.24) is 0 Å². The second kappa shape index (κ2) is 10.1. The molecule has 0 spiro atoms. The lowest BCUT2D eigenvalue weighted by Gasteiger charge is -2.37. The van der Waals surface area contributed by atoms with Gasteiger partial charge in [0.05, 0.1) is 5.92 Å². The summed E-state index contributed by atoms with van der Waals surface area (Å²) in [6.45, 7) is 2.10. The lowest BCUT2D eigenvalue weighted by Crippen LogP contribution is -2.30. The molecule has 0 atom stereocenters. The van der Waals surface area contributed by atoms with Gasteiger partial charge in [0.2, 0.25) is 0 Å². The number of hydrogen-bond acceptors (Lipinski definition) is 2. The van der Waals surface area contributed by atoms with Crippen LogP contribution in [0.3, 0.4) is 0 Å². The molecule has 0 radical (unpaired) electrons. The molecule has 0 amide bonds. The van der Waals surface area contributed by atoms with E-state index in [1.165, 1.54) is 62.8 Å². The van der Waals surface area contributed by atoms with Crippen LogP contribution >= 0.6 is 0 Å². The van der Waals surface area contributed by atoms with E-state index in [4.69, 9.17) is 4.74 Å². The average Bonchev–Trinajstić information content (AvgIpc) is 2.70. The van der Waals surface area contributed by atoms with Gasteiger partial charge in [0.15, 0.2) is 0 Å². The number of rotatable bonds is 6. The van der Waals surface area contributed by atoms with E-state index in [0.29, 0.717) is 5.75 Å². The topological polar surface area (TPSA) is 26.3 Å². The van der Waals surface area contributed by atoms with Gasteiger partial charge in [-0.1, -0.05) is 25.0 Å². The monoisotopic (exact) mass is 372 g/mol. The third-order valence-electron chi connectivity index (χ3n) is 6.67. The highest BCUT2D eigenvalue weighted by Crippen LogP contribution is 2.42. The summed E-state index contributed by atoms with van der Waals surface area (Å²) in [5, 5.41) is 0. The molecule has 2 aliphatic rings. The lowest BCUT2D eigenvalue weighted by atomic mass is 9.68. The molecule has 0 bridgehead atoms. The molecule has 148 valence electrons. The first kappa shape index (κ1) is 20.1.